The summed E-state index contributed by atoms with van der Waals surface area (Å²) in [6.07, 6.45) is 8.46. The summed E-state index contributed by atoms with van der Waals surface area (Å²) in [4.78, 5) is 23.4. The molecule has 0 amide bonds. The van der Waals surface area contributed by atoms with E-state index in [0.29, 0.717) is 0 Å². The van der Waals surface area contributed by atoms with Crippen molar-refractivity contribution in [2.45, 2.75) is 6.92 Å². The van der Waals surface area contributed by atoms with Crippen molar-refractivity contribution in [3.63, 3.8) is 0 Å². The fraction of sp³-hybridized carbons (Fsp3) is 0.0345. The summed E-state index contributed by atoms with van der Waals surface area (Å²) in [5, 5.41) is 10.8. The van der Waals surface area contributed by atoms with E-state index in [1.54, 1.807) is 18.6 Å². The van der Waals surface area contributed by atoms with E-state index in [-0.39, 0.29) is 31.0 Å². The van der Waals surface area contributed by atoms with Crippen molar-refractivity contribution in [3.05, 3.63) is 127 Å². The Balaban J connectivity index is 0.000000161. The molecule has 1 radical (unpaired) electrons. The fourth-order valence-corrected chi connectivity index (χ4v) is 3.53. The molecule has 0 bridgehead atoms. The molecule has 8 nitrogen and oxygen atoms in total. The Morgan fingerprint density at radius 2 is 1.61 bits per heavy atom. The third-order valence-corrected chi connectivity index (χ3v) is 5.39. The maximum absolute atomic E-state index is 10.5. The van der Waals surface area contributed by atoms with Gasteiger partial charge in [-0.2, -0.15) is 0 Å². The number of hydrogen-bond acceptors (Lipinski definition) is 7. The molecule has 191 valence electrons. The molecule has 0 atom stereocenters. The van der Waals surface area contributed by atoms with Gasteiger partial charge in [-0.3, -0.25) is 19.7 Å². The summed E-state index contributed by atoms with van der Waals surface area (Å²) < 4.78 is 6.50. The first kappa shape index (κ1) is 28.0. The minimum Gasteiger partial charge on any atom is -0.502 e. The molecule has 6 aromatic rings. The maximum Gasteiger partial charge on any atom is 1.00 e. The molecule has 6 rings (SSSR count). The van der Waals surface area contributed by atoms with E-state index in [1.165, 1.54) is 19.3 Å². The first-order valence-corrected chi connectivity index (χ1v) is 11.3. The van der Waals surface area contributed by atoms with E-state index in [0.717, 1.165) is 38.9 Å². The number of aromatic nitrogens is 4. The molecule has 0 unspecified atom stereocenters. The molecular formula is C29H25N5O3Ru+. The first-order valence-electron chi connectivity index (χ1n) is 11.3. The van der Waals surface area contributed by atoms with E-state index >= 15 is 0 Å². The average Bonchev–Trinajstić information content (AvgIpc) is 2.93. The number of benzene rings is 1. The Morgan fingerprint density at radius 1 is 0.895 bits per heavy atom. The molecule has 0 aliphatic rings. The minimum atomic E-state index is -0.404. The predicted octanol–water partition coefficient (Wildman–Crippen LogP) is 4.69. The molecule has 5 aromatic heterocycles. The smallest absolute Gasteiger partial charge is 0.502 e. The van der Waals surface area contributed by atoms with Crippen LogP contribution in [0.15, 0.2) is 113 Å². The standard InChI is InChI=1S/C12H9N3.C11H10N2.C6H6O3.Ru/c13-10-7-8-3-1-5-14-11(8)12-9(10)4-2-6-15-12;1-13-9-5-3-7-11(13)10-6-2-4-8-12-10;1-4-6(8)5(7)2-3-9-4;/h1-7H,13H2;2-9H,1H2;2-3,8H,1H3;/q;;;+1. The van der Waals surface area contributed by atoms with Gasteiger partial charge in [0.25, 0.3) is 0 Å². The van der Waals surface area contributed by atoms with Crippen LogP contribution in [0.5, 0.6) is 5.75 Å². The maximum atomic E-state index is 10.5. The Hall–Kier alpha value is -4.62. The second kappa shape index (κ2) is 13.1. The van der Waals surface area contributed by atoms with Crippen molar-refractivity contribution in [2.24, 2.45) is 0 Å². The summed E-state index contributed by atoms with van der Waals surface area (Å²) >= 11 is 0. The topological polar surface area (TPSA) is 119 Å². The summed E-state index contributed by atoms with van der Waals surface area (Å²) in [5.41, 5.74) is 10.0. The molecule has 0 aliphatic carbocycles. The van der Waals surface area contributed by atoms with Crippen LogP contribution in [0, 0.1) is 14.0 Å². The number of hydrogen-bond donors (Lipinski definition) is 2. The van der Waals surface area contributed by atoms with Gasteiger partial charge >= 0.3 is 19.5 Å². The zero-order valence-corrected chi connectivity index (χ0v) is 22.2. The van der Waals surface area contributed by atoms with E-state index in [9.17, 15) is 4.79 Å². The van der Waals surface area contributed by atoms with Gasteiger partial charge in [0.05, 0.1) is 29.2 Å². The van der Waals surface area contributed by atoms with Gasteiger partial charge in [0.2, 0.25) is 11.2 Å². The first-order chi connectivity index (χ1) is 18.0. The third-order valence-electron chi connectivity index (χ3n) is 5.39. The number of anilines is 1. The molecule has 0 saturated heterocycles. The monoisotopic (exact) mass is 593 g/mol. The van der Waals surface area contributed by atoms with Crippen molar-refractivity contribution in [1.29, 1.82) is 0 Å². The second-order valence-electron chi connectivity index (χ2n) is 7.90. The van der Waals surface area contributed by atoms with E-state index in [1.807, 2.05) is 77.5 Å². The number of rotatable bonds is 1. The van der Waals surface area contributed by atoms with Gasteiger partial charge < -0.3 is 19.8 Å². The Bertz CT molecular complexity index is 1710. The SMILES string of the molecule is Cc1occc(=O)c1O.Nc1cc2cccnc2c2ncccc12.[CH2-][n+]1ccccc1-c1ccccn1.[Ru+]. The zero-order chi connectivity index (χ0) is 26.2. The predicted molar refractivity (Wildman–Crippen MR) is 143 cm³/mol. The zero-order valence-electron chi connectivity index (χ0n) is 20.5. The van der Waals surface area contributed by atoms with Crippen LogP contribution in [0.2, 0.25) is 0 Å². The largest absolute Gasteiger partial charge is 1.00 e. The van der Waals surface area contributed by atoms with Crippen LogP contribution < -0.4 is 15.7 Å². The number of nitrogens with two attached hydrogens (primary N) is 1. The Kier molecular flexibility index (Phi) is 9.62. The molecule has 0 spiro atoms. The van der Waals surface area contributed by atoms with E-state index < -0.39 is 5.43 Å². The molecule has 0 aliphatic heterocycles. The van der Waals surface area contributed by atoms with Crippen LogP contribution in [-0.4, -0.2) is 20.1 Å². The molecule has 9 heteroatoms. The van der Waals surface area contributed by atoms with Crippen molar-refractivity contribution in [1.82, 2.24) is 15.0 Å². The van der Waals surface area contributed by atoms with Gasteiger partial charge in [-0.15, -0.1) is 0 Å². The van der Waals surface area contributed by atoms with Crippen molar-refractivity contribution in [3.8, 4) is 17.1 Å². The number of nitrogen functional groups attached to an aromatic ring is 1. The Morgan fingerprint density at radius 3 is 2.29 bits per heavy atom. The van der Waals surface area contributed by atoms with Gasteiger partial charge in [0.1, 0.15) is 11.5 Å². The van der Waals surface area contributed by atoms with Gasteiger partial charge in [0.15, 0.2) is 0 Å². The van der Waals surface area contributed by atoms with Gasteiger partial charge in [-0.05, 0) is 49.4 Å². The third kappa shape index (κ3) is 6.57. The van der Waals surface area contributed by atoms with Gasteiger partial charge in [-0.1, -0.05) is 24.3 Å². The van der Waals surface area contributed by atoms with E-state index in [2.05, 4.69) is 26.4 Å². The van der Waals surface area contributed by atoms with Crippen LogP contribution in [0.1, 0.15) is 5.76 Å². The summed E-state index contributed by atoms with van der Waals surface area (Å²) in [5.74, 6) is -0.0556. The summed E-state index contributed by atoms with van der Waals surface area (Å²) in [6, 6.07) is 22.6. The molecule has 0 fully saturated rings. The van der Waals surface area contributed by atoms with Crippen LogP contribution in [0.25, 0.3) is 33.2 Å². The van der Waals surface area contributed by atoms with Crippen molar-refractivity contribution < 1.29 is 33.6 Å². The van der Waals surface area contributed by atoms with Crippen molar-refractivity contribution in [2.75, 3.05) is 5.73 Å². The number of aryl methyl sites for hydroxylation is 1. The normalized spacial score (nSPS) is 9.92. The second-order valence-corrected chi connectivity index (χ2v) is 7.90. The number of pyridine rings is 4. The van der Waals surface area contributed by atoms with Crippen LogP contribution in [-0.2, 0) is 19.5 Å². The van der Waals surface area contributed by atoms with Crippen LogP contribution in [0.4, 0.5) is 5.69 Å². The Labute approximate surface area is 232 Å². The van der Waals surface area contributed by atoms with Gasteiger partial charge in [-0.25, -0.2) is 0 Å². The number of nitrogens with zero attached hydrogens (tertiary/aromatic N) is 4. The van der Waals surface area contributed by atoms with E-state index in [4.69, 9.17) is 10.8 Å². The molecule has 0 saturated carbocycles. The van der Waals surface area contributed by atoms with Gasteiger partial charge in [0, 0.05) is 48.2 Å². The molecule has 38 heavy (non-hydrogen) atoms. The summed E-state index contributed by atoms with van der Waals surface area (Å²) in [6.45, 7) is 1.52. The quantitative estimate of drug-likeness (QED) is 0.0935. The molecular weight excluding hydrogens is 567 g/mol. The number of fused-ring (bicyclic) bond motifs is 3. The molecule has 5 heterocycles. The number of aromatic hydroxyl groups is 1. The fourth-order valence-electron chi connectivity index (χ4n) is 3.53. The van der Waals surface area contributed by atoms with Crippen LogP contribution >= 0.6 is 0 Å². The average molecular weight is 593 g/mol. The van der Waals surface area contributed by atoms with Crippen molar-refractivity contribution >= 4 is 27.5 Å². The summed E-state index contributed by atoms with van der Waals surface area (Å²) in [7, 11) is 3.87. The molecule has 1 aromatic carbocycles. The molecule has 3 N–H and O–H groups in total. The minimum absolute atomic E-state index is 0. The van der Waals surface area contributed by atoms with Crippen LogP contribution in [0.3, 0.4) is 0 Å².